The highest BCUT2D eigenvalue weighted by atomic mass is 35.5. The second-order valence-corrected chi connectivity index (χ2v) is 13.3. The molecule has 1 saturated carbocycles. The Bertz CT molecular complexity index is 1550. The van der Waals surface area contributed by atoms with Crippen molar-refractivity contribution in [3.05, 3.63) is 70.1 Å². The molecule has 1 aromatic heterocycles. The van der Waals surface area contributed by atoms with Crippen molar-refractivity contribution in [3.8, 4) is 0 Å². The van der Waals surface area contributed by atoms with Gasteiger partial charge in [-0.3, -0.25) is 4.79 Å². The second kappa shape index (κ2) is 10.6. The number of aryl methyl sites for hydroxylation is 1. The van der Waals surface area contributed by atoms with Gasteiger partial charge < -0.3 is 15.0 Å². The molecular weight excluding hydrogens is 555 g/mol. The van der Waals surface area contributed by atoms with Gasteiger partial charge in [0.05, 0.1) is 30.7 Å². The van der Waals surface area contributed by atoms with Crippen molar-refractivity contribution >= 4 is 44.9 Å². The van der Waals surface area contributed by atoms with Crippen molar-refractivity contribution in [2.75, 3.05) is 36.2 Å². The summed E-state index contributed by atoms with van der Waals surface area (Å²) in [6, 6.07) is 12.4. The summed E-state index contributed by atoms with van der Waals surface area (Å²) in [6.07, 6.45) is 3.12. The smallest absolute Gasteiger partial charge is 0.309 e. The molecule has 40 heavy (non-hydrogen) atoms. The van der Waals surface area contributed by atoms with Gasteiger partial charge >= 0.3 is 5.97 Å². The van der Waals surface area contributed by atoms with Crippen molar-refractivity contribution in [3.63, 3.8) is 0 Å². The average Bonchev–Trinajstić information content (AvgIpc) is 3.18. The molecule has 2 bridgehead atoms. The Hall–Kier alpha value is -3.24. The Morgan fingerprint density at radius 1 is 1.12 bits per heavy atom. The van der Waals surface area contributed by atoms with Crippen LogP contribution >= 0.6 is 11.6 Å². The molecule has 8 nitrogen and oxygen atoms in total. The number of carbonyl (C=O) groups is 1. The van der Waals surface area contributed by atoms with Gasteiger partial charge in [0.1, 0.15) is 10.7 Å². The summed E-state index contributed by atoms with van der Waals surface area (Å²) in [5.74, 6) is 0.716. The summed E-state index contributed by atoms with van der Waals surface area (Å²) in [6.45, 7) is 1.51. The number of piperidine rings is 1. The van der Waals surface area contributed by atoms with Gasteiger partial charge in [-0.05, 0) is 78.8 Å². The molecule has 2 fully saturated rings. The Kier molecular flexibility index (Phi) is 7.16. The lowest BCUT2D eigenvalue weighted by Crippen LogP contribution is -2.42. The van der Waals surface area contributed by atoms with Gasteiger partial charge in [0.25, 0.3) is 0 Å². The number of anilines is 3. The van der Waals surface area contributed by atoms with E-state index >= 15 is 4.39 Å². The average molecular weight is 585 g/mol. The molecule has 3 heterocycles. The molecule has 11 heteroatoms. The molecule has 2 aromatic carbocycles. The second-order valence-electron chi connectivity index (χ2n) is 10.8. The third-order valence-electron chi connectivity index (χ3n) is 8.30. The number of esters is 1. The van der Waals surface area contributed by atoms with Gasteiger partial charge in [0, 0.05) is 18.1 Å². The number of nitrogens with one attached hydrogen (secondary N) is 1. The lowest BCUT2D eigenvalue weighted by molar-refractivity contribution is -0.139. The first kappa shape index (κ1) is 27.0. The number of carbonyl (C=O) groups excluding carboxylic acids is 1. The van der Waals surface area contributed by atoms with E-state index in [1.807, 2.05) is 12.1 Å². The Labute approximate surface area is 237 Å². The van der Waals surface area contributed by atoms with E-state index < -0.39 is 21.6 Å². The zero-order valence-corrected chi connectivity index (χ0v) is 23.6. The molecule has 2 unspecified atom stereocenters. The van der Waals surface area contributed by atoms with E-state index in [1.165, 1.54) is 24.8 Å². The molecule has 2 aliphatic heterocycles. The standard InChI is InChI=1S/C29H30ClFN4O4S/c1-39-25(36)14-17-4-11-23(22(31)13-17)32-28-27-24(3-2-12-40(27,37)38)33-29(34-28)35-15-19-5-6-20(16-35)26(19)18-7-9-21(30)10-8-18/h4,7-11,13,19-20,26H,2-3,5-6,12,14-16H2,1H3,(H,32,33,34). The zero-order valence-electron chi connectivity index (χ0n) is 22.1. The summed E-state index contributed by atoms with van der Waals surface area (Å²) in [4.78, 5) is 23.2. The molecule has 3 aliphatic rings. The van der Waals surface area contributed by atoms with Gasteiger partial charge in [-0.25, -0.2) is 17.8 Å². The molecule has 0 amide bonds. The summed E-state index contributed by atoms with van der Waals surface area (Å²) in [5, 5.41) is 3.67. The van der Waals surface area contributed by atoms with Crippen LogP contribution in [0.4, 0.5) is 21.8 Å². The monoisotopic (exact) mass is 584 g/mol. The third kappa shape index (κ3) is 5.14. The fraction of sp³-hybridized carbons (Fsp3) is 0.414. The molecule has 0 spiro atoms. The van der Waals surface area contributed by atoms with Gasteiger partial charge in [0.2, 0.25) is 5.95 Å². The number of hydrogen-bond donors (Lipinski definition) is 1. The maximum atomic E-state index is 15.1. The molecule has 1 aliphatic carbocycles. The lowest BCUT2D eigenvalue weighted by atomic mass is 9.80. The van der Waals surface area contributed by atoms with Crippen LogP contribution in [0.25, 0.3) is 0 Å². The maximum Gasteiger partial charge on any atom is 0.309 e. The lowest BCUT2D eigenvalue weighted by Gasteiger charge is -2.38. The van der Waals surface area contributed by atoms with Crippen LogP contribution < -0.4 is 10.2 Å². The first-order chi connectivity index (χ1) is 19.2. The zero-order chi connectivity index (χ0) is 28.0. The van der Waals surface area contributed by atoms with Gasteiger partial charge in [-0.2, -0.15) is 4.98 Å². The highest BCUT2D eigenvalue weighted by Gasteiger charge is 2.44. The van der Waals surface area contributed by atoms with Crippen LogP contribution in [0.3, 0.4) is 0 Å². The number of benzene rings is 2. The first-order valence-electron chi connectivity index (χ1n) is 13.5. The molecule has 0 radical (unpaired) electrons. The normalized spacial score (nSPS) is 23.0. The highest BCUT2D eigenvalue weighted by molar-refractivity contribution is 7.91. The molecular formula is C29H30ClFN4O4S. The van der Waals surface area contributed by atoms with Crippen LogP contribution in [-0.4, -0.2) is 50.3 Å². The number of sulfone groups is 1. The minimum absolute atomic E-state index is 0.00539. The highest BCUT2D eigenvalue weighted by Crippen LogP contribution is 2.49. The van der Waals surface area contributed by atoms with Crippen LogP contribution in [0.15, 0.2) is 47.4 Å². The van der Waals surface area contributed by atoms with E-state index in [0.717, 1.165) is 31.0 Å². The van der Waals surface area contributed by atoms with E-state index in [9.17, 15) is 13.2 Å². The number of fused-ring (bicyclic) bond motifs is 3. The number of halogens is 2. The number of rotatable bonds is 6. The van der Waals surface area contributed by atoms with Crippen molar-refractivity contribution in [1.82, 2.24) is 9.97 Å². The van der Waals surface area contributed by atoms with E-state index in [4.69, 9.17) is 21.6 Å². The molecule has 2 atom stereocenters. The fourth-order valence-electron chi connectivity index (χ4n) is 6.49. The summed E-state index contributed by atoms with van der Waals surface area (Å²) >= 11 is 6.12. The number of aromatic nitrogens is 2. The SMILES string of the molecule is COC(=O)Cc1ccc(Nc2nc(N3CC4CCC(C3)C4c3ccc(Cl)cc3)nc3c2S(=O)(=O)CCC3)c(F)c1. The Morgan fingerprint density at radius 3 is 2.52 bits per heavy atom. The Balaban J connectivity index is 1.32. The predicted molar refractivity (Wildman–Crippen MR) is 150 cm³/mol. The number of ether oxygens (including phenoxy) is 1. The largest absolute Gasteiger partial charge is 0.469 e. The van der Waals surface area contributed by atoms with E-state index in [2.05, 4.69) is 27.1 Å². The quantitative estimate of drug-likeness (QED) is 0.400. The molecule has 6 rings (SSSR count). The third-order valence-corrected chi connectivity index (χ3v) is 10.4. The fourth-order valence-corrected chi connectivity index (χ4v) is 8.24. The van der Waals surface area contributed by atoms with Gasteiger partial charge in [-0.1, -0.05) is 29.8 Å². The van der Waals surface area contributed by atoms with Crippen molar-refractivity contribution < 1.29 is 22.3 Å². The van der Waals surface area contributed by atoms with Crippen LogP contribution in [0, 0.1) is 17.7 Å². The summed E-state index contributed by atoms with van der Waals surface area (Å²) < 4.78 is 46.0. The van der Waals surface area contributed by atoms with E-state index in [1.54, 1.807) is 6.07 Å². The number of nitrogens with zero attached hydrogens (tertiary/aromatic N) is 3. The predicted octanol–water partition coefficient (Wildman–Crippen LogP) is 5.08. The minimum Gasteiger partial charge on any atom is -0.469 e. The number of methoxy groups -OCH3 is 1. The summed E-state index contributed by atoms with van der Waals surface area (Å²) in [7, 11) is -2.36. The molecule has 1 N–H and O–H groups in total. The molecule has 210 valence electrons. The molecule has 3 aromatic rings. The van der Waals surface area contributed by atoms with Crippen molar-refractivity contribution in [1.29, 1.82) is 0 Å². The first-order valence-corrected chi connectivity index (χ1v) is 15.5. The van der Waals surface area contributed by atoms with E-state index in [-0.39, 0.29) is 28.6 Å². The van der Waals surface area contributed by atoms with Crippen LogP contribution in [0.5, 0.6) is 0 Å². The maximum absolute atomic E-state index is 15.1. The topological polar surface area (TPSA) is 101 Å². The van der Waals surface area contributed by atoms with Crippen LogP contribution in [0.2, 0.25) is 5.02 Å². The van der Waals surface area contributed by atoms with Crippen LogP contribution in [-0.2, 0) is 32.2 Å². The van der Waals surface area contributed by atoms with Gasteiger partial charge in [0.15, 0.2) is 15.7 Å². The van der Waals surface area contributed by atoms with Crippen molar-refractivity contribution in [2.45, 2.75) is 42.9 Å². The van der Waals surface area contributed by atoms with E-state index in [0.29, 0.717) is 47.8 Å². The van der Waals surface area contributed by atoms with Crippen LogP contribution in [0.1, 0.15) is 42.0 Å². The molecule has 1 saturated heterocycles. The Morgan fingerprint density at radius 2 is 1.85 bits per heavy atom. The summed E-state index contributed by atoms with van der Waals surface area (Å²) in [5.41, 5.74) is 2.28. The minimum atomic E-state index is -3.64. The van der Waals surface area contributed by atoms with Crippen molar-refractivity contribution in [2.24, 2.45) is 11.8 Å². The number of hydrogen-bond acceptors (Lipinski definition) is 8. The van der Waals surface area contributed by atoms with Gasteiger partial charge in [-0.15, -0.1) is 0 Å².